The number of fused-ring (bicyclic) bond motifs is 1. The summed E-state index contributed by atoms with van der Waals surface area (Å²) >= 11 is 13.9. The topological polar surface area (TPSA) is 50.1 Å². The van der Waals surface area contributed by atoms with Gasteiger partial charge in [-0.25, -0.2) is 0 Å². The first kappa shape index (κ1) is 19.5. The summed E-state index contributed by atoms with van der Waals surface area (Å²) < 4.78 is 7.04. The first-order valence-electron chi connectivity index (χ1n) is 8.70. The molecule has 0 saturated heterocycles. The van der Waals surface area contributed by atoms with Gasteiger partial charge in [0.15, 0.2) is 0 Å². The molecule has 29 heavy (non-hydrogen) atoms. The van der Waals surface area contributed by atoms with Crippen LogP contribution in [0.3, 0.4) is 0 Å². The van der Waals surface area contributed by atoms with Crippen molar-refractivity contribution in [2.24, 2.45) is 0 Å². The smallest absolute Gasteiger partial charge is 0.206 e. The van der Waals surface area contributed by atoms with Gasteiger partial charge >= 0.3 is 0 Å². The van der Waals surface area contributed by atoms with Crippen molar-refractivity contribution in [1.29, 1.82) is 5.26 Å². The summed E-state index contributed by atoms with van der Waals surface area (Å²) in [5.74, 6) is 0.354. The Morgan fingerprint density at radius 1 is 0.966 bits per heavy atom. The Morgan fingerprint density at radius 2 is 1.66 bits per heavy atom. The molecule has 0 aliphatic heterocycles. The van der Waals surface area contributed by atoms with Gasteiger partial charge in [-0.15, -0.1) is 11.3 Å². The van der Waals surface area contributed by atoms with Crippen LogP contribution in [0.15, 0.2) is 66.7 Å². The van der Waals surface area contributed by atoms with Gasteiger partial charge in [0.1, 0.15) is 17.2 Å². The summed E-state index contributed by atoms with van der Waals surface area (Å²) in [5, 5.41) is 10.9. The second kappa shape index (κ2) is 8.26. The van der Waals surface area contributed by atoms with Crippen LogP contribution in [-0.2, 0) is 6.61 Å². The molecular formula is C23H13Cl2NO2S. The number of benzene rings is 3. The monoisotopic (exact) mass is 437 g/mol. The number of carbonyl (C=O) groups is 1. The average Bonchev–Trinajstić information content (AvgIpc) is 3.11. The maximum absolute atomic E-state index is 13.2. The average molecular weight is 438 g/mol. The summed E-state index contributed by atoms with van der Waals surface area (Å²) in [6, 6.07) is 21.6. The highest BCUT2D eigenvalue weighted by molar-refractivity contribution is 7.21. The largest absolute Gasteiger partial charge is 0.486 e. The minimum Gasteiger partial charge on any atom is -0.486 e. The number of nitrogens with zero attached hydrogens (tertiary/aromatic N) is 1. The van der Waals surface area contributed by atoms with Crippen molar-refractivity contribution in [1.82, 2.24) is 0 Å². The number of rotatable bonds is 5. The third kappa shape index (κ3) is 3.86. The second-order valence-corrected chi connectivity index (χ2v) is 8.13. The molecule has 1 heterocycles. The normalized spacial score (nSPS) is 10.7. The summed E-state index contributed by atoms with van der Waals surface area (Å²) in [5.41, 5.74) is 1.67. The maximum atomic E-state index is 13.2. The lowest BCUT2D eigenvalue weighted by Gasteiger charge is -2.11. The predicted octanol–water partition coefficient (Wildman–Crippen LogP) is 6.89. The molecule has 0 spiro atoms. The fourth-order valence-corrected chi connectivity index (χ4v) is 4.57. The molecule has 4 aromatic rings. The summed E-state index contributed by atoms with van der Waals surface area (Å²) in [6.45, 7) is 0.146. The predicted molar refractivity (Wildman–Crippen MR) is 117 cm³/mol. The van der Waals surface area contributed by atoms with E-state index >= 15 is 0 Å². The molecule has 0 aliphatic carbocycles. The second-order valence-electron chi connectivity index (χ2n) is 6.26. The minimum atomic E-state index is -0.157. The molecule has 0 fully saturated rings. The molecule has 0 N–H and O–H groups in total. The van der Waals surface area contributed by atoms with Gasteiger partial charge in [-0.1, -0.05) is 41.4 Å². The molecule has 0 atom stereocenters. The molecule has 6 heteroatoms. The molecule has 0 unspecified atom stereocenters. The van der Waals surface area contributed by atoms with E-state index in [4.69, 9.17) is 33.2 Å². The van der Waals surface area contributed by atoms with Crippen LogP contribution in [0.2, 0.25) is 10.0 Å². The van der Waals surface area contributed by atoms with Crippen molar-refractivity contribution in [3.8, 4) is 11.8 Å². The van der Waals surface area contributed by atoms with Gasteiger partial charge in [0, 0.05) is 31.3 Å². The molecule has 3 nitrogen and oxygen atoms in total. The number of ketones is 1. The van der Waals surface area contributed by atoms with E-state index in [0.717, 1.165) is 10.1 Å². The van der Waals surface area contributed by atoms with E-state index in [1.165, 1.54) is 11.3 Å². The lowest BCUT2D eigenvalue weighted by atomic mass is 10.1. The van der Waals surface area contributed by atoms with E-state index in [-0.39, 0.29) is 12.4 Å². The molecule has 0 bridgehead atoms. The first-order valence-corrected chi connectivity index (χ1v) is 10.3. The zero-order chi connectivity index (χ0) is 20.4. The van der Waals surface area contributed by atoms with E-state index in [9.17, 15) is 4.79 Å². The molecule has 0 radical (unpaired) electrons. The molecule has 3 aromatic carbocycles. The Kier molecular flexibility index (Phi) is 5.55. The standard InChI is InChI=1S/C23H13Cl2NO2S/c24-18-5-3-6-19(25)17(18)13-28-22-16-4-1-2-7-20(16)29-23(22)21(27)15-10-8-14(12-26)9-11-15/h1-11H,13H2. The molecule has 0 saturated carbocycles. The first-order chi connectivity index (χ1) is 14.1. The fourth-order valence-electron chi connectivity index (χ4n) is 2.96. The number of halogens is 2. The Hall–Kier alpha value is -2.84. The van der Waals surface area contributed by atoms with E-state index in [2.05, 4.69) is 6.07 Å². The van der Waals surface area contributed by atoms with Crippen molar-refractivity contribution in [3.63, 3.8) is 0 Å². The highest BCUT2D eigenvalue weighted by Crippen LogP contribution is 2.40. The quantitative estimate of drug-likeness (QED) is 0.319. The van der Waals surface area contributed by atoms with Crippen LogP contribution in [0.5, 0.6) is 5.75 Å². The van der Waals surface area contributed by atoms with Gasteiger partial charge in [0.05, 0.1) is 11.6 Å². The lowest BCUT2D eigenvalue weighted by Crippen LogP contribution is -2.04. The summed E-state index contributed by atoms with van der Waals surface area (Å²) in [6.07, 6.45) is 0. The van der Waals surface area contributed by atoms with Crippen molar-refractivity contribution in [2.75, 3.05) is 0 Å². The zero-order valence-corrected chi connectivity index (χ0v) is 17.3. The van der Waals surface area contributed by atoms with Crippen molar-refractivity contribution < 1.29 is 9.53 Å². The summed E-state index contributed by atoms with van der Waals surface area (Å²) in [7, 11) is 0. The van der Waals surface area contributed by atoms with Crippen molar-refractivity contribution in [2.45, 2.75) is 6.61 Å². The van der Waals surface area contributed by atoms with Crippen LogP contribution in [0.25, 0.3) is 10.1 Å². The maximum Gasteiger partial charge on any atom is 0.206 e. The van der Waals surface area contributed by atoms with Gasteiger partial charge in [0.25, 0.3) is 0 Å². The van der Waals surface area contributed by atoms with Crippen LogP contribution < -0.4 is 4.74 Å². The molecule has 0 aliphatic rings. The number of carbonyl (C=O) groups excluding carboxylic acids is 1. The van der Waals surface area contributed by atoms with E-state index in [1.54, 1.807) is 42.5 Å². The number of ether oxygens (including phenoxy) is 1. The number of nitriles is 1. The Morgan fingerprint density at radius 3 is 2.34 bits per heavy atom. The number of hydrogen-bond donors (Lipinski definition) is 0. The van der Waals surface area contributed by atoms with Crippen LogP contribution in [-0.4, -0.2) is 5.78 Å². The van der Waals surface area contributed by atoms with E-state index < -0.39 is 0 Å². The van der Waals surface area contributed by atoms with Gasteiger partial charge in [-0.05, 0) is 48.5 Å². The van der Waals surface area contributed by atoms with Gasteiger partial charge in [0.2, 0.25) is 5.78 Å². The van der Waals surface area contributed by atoms with Gasteiger partial charge in [-0.3, -0.25) is 4.79 Å². The van der Waals surface area contributed by atoms with Crippen LogP contribution in [0, 0.1) is 11.3 Å². The molecular weight excluding hydrogens is 425 g/mol. The molecule has 4 rings (SSSR count). The van der Waals surface area contributed by atoms with E-state index in [0.29, 0.717) is 37.4 Å². The number of thiophene rings is 1. The van der Waals surface area contributed by atoms with Crippen LogP contribution in [0.1, 0.15) is 26.4 Å². The van der Waals surface area contributed by atoms with Crippen LogP contribution in [0.4, 0.5) is 0 Å². The Labute approximate surface area is 181 Å². The van der Waals surface area contributed by atoms with Crippen molar-refractivity contribution in [3.05, 3.63) is 98.3 Å². The third-order valence-electron chi connectivity index (χ3n) is 4.45. The lowest BCUT2D eigenvalue weighted by molar-refractivity contribution is 0.103. The van der Waals surface area contributed by atoms with E-state index in [1.807, 2.05) is 24.3 Å². The molecule has 0 amide bonds. The zero-order valence-electron chi connectivity index (χ0n) is 15.0. The summed E-state index contributed by atoms with van der Waals surface area (Å²) in [4.78, 5) is 13.7. The highest BCUT2D eigenvalue weighted by atomic mass is 35.5. The fraction of sp³-hybridized carbons (Fsp3) is 0.0435. The Bertz CT molecular complexity index is 1240. The SMILES string of the molecule is N#Cc1ccc(C(=O)c2sc3ccccc3c2OCc2c(Cl)cccc2Cl)cc1. The van der Waals surface area contributed by atoms with Crippen LogP contribution >= 0.6 is 34.5 Å². The van der Waals surface area contributed by atoms with Gasteiger partial charge in [-0.2, -0.15) is 5.26 Å². The highest BCUT2D eigenvalue weighted by Gasteiger charge is 2.22. The van der Waals surface area contributed by atoms with Crippen molar-refractivity contribution >= 4 is 50.4 Å². The Balaban J connectivity index is 1.74. The number of hydrogen-bond acceptors (Lipinski definition) is 4. The molecule has 142 valence electrons. The van der Waals surface area contributed by atoms with Gasteiger partial charge < -0.3 is 4.74 Å². The molecule has 1 aromatic heterocycles. The third-order valence-corrected chi connectivity index (χ3v) is 6.31. The minimum absolute atomic E-state index is 0.146.